The van der Waals surface area contributed by atoms with Crippen molar-refractivity contribution >= 4 is 33.9 Å². The molecule has 0 unspecified atom stereocenters. The highest BCUT2D eigenvalue weighted by Gasteiger charge is 2.26. The Balaban J connectivity index is 1.98. The molecule has 1 heterocycles. The Morgan fingerprint density at radius 2 is 2.00 bits per heavy atom. The maximum absolute atomic E-state index is 12.0. The highest BCUT2D eigenvalue weighted by Crippen LogP contribution is 2.25. The summed E-state index contributed by atoms with van der Waals surface area (Å²) in [6.45, 7) is 0. The second-order valence-electron chi connectivity index (χ2n) is 4.59. The van der Waals surface area contributed by atoms with Crippen molar-refractivity contribution in [2.24, 2.45) is 4.99 Å². The Morgan fingerprint density at radius 3 is 2.77 bits per heavy atom. The summed E-state index contributed by atoms with van der Waals surface area (Å²) in [4.78, 5) is 16.3. The van der Waals surface area contributed by atoms with Gasteiger partial charge in [-0.15, -0.1) is 0 Å². The Morgan fingerprint density at radius 1 is 1.18 bits per heavy atom. The molecule has 0 aromatic heterocycles. The molecule has 0 saturated carbocycles. The first-order valence-corrected chi connectivity index (χ1v) is 7.38. The van der Waals surface area contributed by atoms with Crippen molar-refractivity contribution in [3.05, 3.63) is 69.8 Å². The van der Waals surface area contributed by atoms with Crippen molar-refractivity contribution in [1.29, 1.82) is 0 Å². The predicted octanol–water partition coefficient (Wildman–Crippen LogP) is 3.80. The Kier molecular flexibility index (Phi) is 4.06. The topological polar surface area (TPSA) is 47.9 Å². The summed E-state index contributed by atoms with van der Waals surface area (Å²) in [6.07, 6.45) is 1.69. The summed E-state index contributed by atoms with van der Waals surface area (Å²) in [5, 5.41) is 0. The van der Waals surface area contributed by atoms with Gasteiger partial charge < -0.3 is 9.47 Å². The molecule has 0 spiro atoms. The maximum Gasteiger partial charge on any atom is 0.363 e. The fourth-order valence-corrected chi connectivity index (χ4v) is 2.52. The average Bonchev–Trinajstić information content (AvgIpc) is 2.88. The summed E-state index contributed by atoms with van der Waals surface area (Å²) in [7, 11) is 1.56. The number of hydrogen-bond acceptors (Lipinski definition) is 4. The van der Waals surface area contributed by atoms with E-state index >= 15 is 0 Å². The lowest BCUT2D eigenvalue weighted by atomic mass is 10.2. The van der Waals surface area contributed by atoms with Gasteiger partial charge in [-0.05, 0) is 35.9 Å². The largest absolute Gasteiger partial charge is 0.496 e. The number of cyclic esters (lactones) is 1. The molecule has 0 N–H and O–H groups in total. The molecule has 0 saturated heterocycles. The number of benzene rings is 2. The molecule has 0 fully saturated rings. The van der Waals surface area contributed by atoms with Crippen LogP contribution in [-0.2, 0) is 9.53 Å². The van der Waals surface area contributed by atoms with E-state index in [2.05, 4.69) is 20.9 Å². The van der Waals surface area contributed by atoms with Gasteiger partial charge in [-0.3, -0.25) is 0 Å². The molecule has 0 amide bonds. The number of para-hydroxylation sites is 1. The number of carbonyl (C=O) groups is 1. The first-order chi connectivity index (χ1) is 10.7. The summed E-state index contributed by atoms with van der Waals surface area (Å²) in [5.41, 5.74) is 1.78. The van der Waals surface area contributed by atoms with Gasteiger partial charge in [-0.25, -0.2) is 9.79 Å². The summed E-state index contributed by atoms with van der Waals surface area (Å²) >= 11 is 3.40. The lowest BCUT2D eigenvalue weighted by Gasteiger charge is -2.05. The summed E-state index contributed by atoms with van der Waals surface area (Å²) in [5.74, 6) is 0.391. The highest BCUT2D eigenvalue weighted by atomic mass is 79.9. The van der Waals surface area contributed by atoms with Gasteiger partial charge in [0, 0.05) is 4.47 Å². The second-order valence-corrected chi connectivity index (χ2v) is 5.51. The third-order valence-corrected chi connectivity index (χ3v) is 3.60. The number of rotatable bonds is 3. The first-order valence-electron chi connectivity index (χ1n) is 6.59. The molecule has 3 rings (SSSR count). The van der Waals surface area contributed by atoms with Gasteiger partial charge in [-0.2, -0.15) is 0 Å². The molecule has 22 heavy (non-hydrogen) atoms. The lowest BCUT2D eigenvalue weighted by molar-refractivity contribution is -0.129. The van der Waals surface area contributed by atoms with Crippen LogP contribution in [-0.4, -0.2) is 19.0 Å². The minimum Gasteiger partial charge on any atom is -0.496 e. The van der Waals surface area contributed by atoms with Gasteiger partial charge in [0.1, 0.15) is 5.75 Å². The SMILES string of the molecule is COc1ccccc1C1=N/C(=C/c2cccc(Br)c2)C(=O)O1. The molecule has 4 nitrogen and oxygen atoms in total. The highest BCUT2D eigenvalue weighted by molar-refractivity contribution is 9.10. The van der Waals surface area contributed by atoms with E-state index < -0.39 is 5.97 Å². The molecular weight excluding hydrogens is 346 g/mol. The number of ether oxygens (including phenoxy) is 2. The maximum atomic E-state index is 12.0. The van der Waals surface area contributed by atoms with Crippen molar-refractivity contribution in [2.45, 2.75) is 0 Å². The van der Waals surface area contributed by atoms with E-state index in [-0.39, 0.29) is 11.6 Å². The molecule has 1 aliphatic rings. The number of esters is 1. The Hall–Kier alpha value is -2.40. The molecule has 2 aromatic rings. The fraction of sp³-hybridized carbons (Fsp3) is 0.0588. The number of methoxy groups -OCH3 is 1. The second kappa shape index (κ2) is 6.15. The van der Waals surface area contributed by atoms with Gasteiger partial charge in [-0.1, -0.05) is 40.2 Å². The Bertz CT molecular complexity index is 796. The van der Waals surface area contributed by atoms with E-state index in [1.807, 2.05) is 36.4 Å². The van der Waals surface area contributed by atoms with Gasteiger partial charge in [0.05, 0.1) is 12.7 Å². The molecule has 0 atom stereocenters. The Labute approximate surface area is 136 Å². The zero-order valence-corrected chi connectivity index (χ0v) is 13.3. The number of carbonyl (C=O) groups excluding carboxylic acids is 1. The van der Waals surface area contributed by atoms with E-state index in [9.17, 15) is 4.79 Å². The average molecular weight is 358 g/mol. The van der Waals surface area contributed by atoms with Crippen LogP contribution in [0.1, 0.15) is 11.1 Å². The molecule has 110 valence electrons. The van der Waals surface area contributed by atoms with Crippen molar-refractivity contribution in [3.63, 3.8) is 0 Å². The van der Waals surface area contributed by atoms with Crippen molar-refractivity contribution in [1.82, 2.24) is 0 Å². The lowest BCUT2D eigenvalue weighted by Crippen LogP contribution is -2.06. The minimum absolute atomic E-state index is 0.253. The molecule has 2 aromatic carbocycles. The van der Waals surface area contributed by atoms with Crippen LogP contribution in [0.2, 0.25) is 0 Å². The molecular formula is C17H12BrNO3. The third kappa shape index (κ3) is 2.94. The number of halogens is 1. The number of nitrogens with zero attached hydrogens (tertiary/aromatic N) is 1. The standard InChI is InChI=1S/C17H12BrNO3/c1-21-15-8-3-2-7-13(15)16-19-14(17(20)22-16)10-11-5-4-6-12(18)9-11/h2-10H,1H3/b14-10+. The van der Waals surface area contributed by atoms with E-state index in [0.717, 1.165) is 10.0 Å². The minimum atomic E-state index is -0.471. The van der Waals surface area contributed by atoms with Crippen LogP contribution in [0.15, 0.2) is 63.7 Å². The zero-order chi connectivity index (χ0) is 15.5. The monoisotopic (exact) mass is 357 g/mol. The summed E-state index contributed by atoms with van der Waals surface area (Å²) in [6, 6.07) is 14.9. The van der Waals surface area contributed by atoms with Gasteiger partial charge in [0.15, 0.2) is 5.70 Å². The van der Waals surface area contributed by atoms with Crippen LogP contribution in [0, 0.1) is 0 Å². The van der Waals surface area contributed by atoms with Crippen molar-refractivity contribution < 1.29 is 14.3 Å². The van der Waals surface area contributed by atoms with Crippen LogP contribution in [0.5, 0.6) is 5.75 Å². The summed E-state index contributed by atoms with van der Waals surface area (Å²) < 4.78 is 11.5. The third-order valence-electron chi connectivity index (χ3n) is 3.11. The van der Waals surface area contributed by atoms with Crippen LogP contribution < -0.4 is 4.74 Å². The number of hydrogen-bond donors (Lipinski definition) is 0. The molecule has 5 heteroatoms. The van der Waals surface area contributed by atoms with Crippen molar-refractivity contribution in [3.8, 4) is 5.75 Å². The molecule has 0 bridgehead atoms. The van der Waals surface area contributed by atoms with E-state index in [0.29, 0.717) is 11.3 Å². The van der Waals surface area contributed by atoms with Crippen LogP contribution in [0.3, 0.4) is 0 Å². The molecule has 1 aliphatic heterocycles. The van der Waals surface area contributed by atoms with E-state index in [1.165, 1.54) is 0 Å². The van der Waals surface area contributed by atoms with Crippen LogP contribution in [0.4, 0.5) is 0 Å². The van der Waals surface area contributed by atoms with Gasteiger partial charge >= 0.3 is 5.97 Å². The smallest absolute Gasteiger partial charge is 0.363 e. The van der Waals surface area contributed by atoms with Gasteiger partial charge in [0.2, 0.25) is 5.90 Å². The molecule has 0 radical (unpaired) electrons. The number of aliphatic imine (C=N–C) groups is 1. The van der Waals surface area contributed by atoms with Crippen LogP contribution >= 0.6 is 15.9 Å². The van der Waals surface area contributed by atoms with Crippen molar-refractivity contribution in [2.75, 3.05) is 7.11 Å². The van der Waals surface area contributed by atoms with E-state index in [1.54, 1.807) is 25.3 Å². The first kappa shape index (κ1) is 14.5. The predicted molar refractivity (Wildman–Crippen MR) is 87.7 cm³/mol. The molecule has 0 aliphatic carbocycles. The fourth-order valence-electron chi connectivity index (χ4n) is 2.10. The zero-order valence-electron chi connectivity index (χ0n) is 11.7. The van der Waals surface area contributed by atoms with E-state index in [4.69, 9.17) is 9.47 Å². The van der Waals surface area contributed by atoms with Crippen LogP contribution in [0.25, 0.3) is 6.08 Å². The quantitative estimate of drug-likeness (QED) is 0.619. The van der Waals surface area contributed by atoms with Gasteiger partial charge in [0.25, 0.3) is 0 Å². The normalized spacial score (nSPS) is 15.6.